The maximum absolute atomic E-state index is 8.99. The standard InChI is InChI=1S/C14H21N3O/c1-10-11(6-13(8-15)17(10)2)9-16-12-4-5-14(7-12)18-3/h6,12,14,16H,4-5,7,9H2,1-3H3. The van der Waals surface area contributed by atoms with Crippen LogP contribution in [0.15, 0.2) is 6.07 Å². The number of aromatic nitrogens is 1. The van der Waals surface area contributed by atoms with Crippen LogP contribution in [0.5, 0.6) is 0 Å². The molecule has 2 rings (SSSR count). The molecule has 2 unspecified atom stereocenters. The molecule has 1 heterocycles. The predicted molar refractivity (Wildman–Crippen MR) is 70.1 cm³/mol. The highest BCUT2D eigenvalue weighted by Gasteiger charge is 2.24. The van der Waals surface area contributed by atoms with E-state index in [1.165, 1.54) is 17.7 Å². The molecule has 0 amide bonds. The van der Waals surface area contributed by atoms with Crippen LogP contribution in [0.25, 0.3) is 0 Å². The van der Waals surface area contributed by atoms with Crippen LogP contribution in [0, 0.1) is 18.3 Å². The van der Waals surface area contributed by atoms with Gasteiger partial charge in [-0.3, -0.25) is 0 Å². The molecule has 1 aromatic rings. The van der Waals surface area contributed by atoms with E-state index in [0.29, 0.717) is 12.1 Å². The fourth-order valence-corrected chi connectivity index (χ4v) is 2.64. The molecular formula is C14H21N3O. The zero-order valence-corrected chi connectivity index (χ0v) is 11.4. The third kappa shape index (κ3) is 2.58. The maximum atomic E-state index is 8.99. The number of hydrogen-bond acceptors (Lipinski definition) is 3. The highest BCUT2D eigenvalue weighted by Crippen LogP contribution is 2.22. The Labute approximate surface area is 109 Å². The summed E-state index contributed by atoms with van der Waals surface area (Å²) in [5, 5.41) is 12.6. The molecule has 18 heavy (non-hydrogen) atoms. The van der Waals surface area contributed by atoms with Gasteiger partial charge in [-0.1, -0.05) is 0 Å². The fourth-order valence-electron chi connectivity index (χ4n) is 2.64. The van der Waals surface area contributed by atoms with E-state index in [0.717, 1.165) is 25.1 Å². The summed E-state index contributed by atoms with van der Waals surface area (Å²) in [5.41, 5.74) is 3.11. The molecule has 0 aliphatic heterocycles. The van der Waals surface area contributed by atoms with Gasteiger partial charge in [-0.05, 0) is 37.8 Å². The van der Waals surface area contributed by atoms with Gasteiger partial charge in [0.05, 0.1) is 6.10 Å². The van der Waals surface area contributed by atoms with Gasteiger partial charge in [0.15, 0.2) is 0 Å². The third-order valence-electron chi connectivity index (χ3n) is 4.05. The van der Waals surface area contributed by atoms with Crippen LogP contribution in [0.1, 0.15) is 36.2 Å². The zero-order chi connectivity index (χ0) is 13.1. The Bertz CT molecular complexity index is 458. The second kappa shape index (κ2) is 5.55. The van der Waals surface area contributed by atoms with Crippen LogP contribution < -0.4 is 5.32 Å². The van der Waals surface area contributed by atoms with Gasteiger partial charge in [0.25, 0.3) is 0 Å². The minimum absolute atomic E-state index is 0.411. The van der Waals surface area contributed by atoms with Crippen molar-refractivity contribution in [3.05, 3.63) is 23.0 Å². The molecule has 0 radical (unpaired) electrons. The molecule has 98 valence electrons. The van der Waals surface area contributed by atoms with Gasteiger partial charge < -0.3 is 14.6 Å². The molecule has 0 aromatic carbocycles. The number of nitrogens with one attached hydrogen (secondary N) is 1. The quantitative estimate of drug-likeness (QED) is 0.883. The smallest absolute Gasteiger partial charge is 0.120 e. The third-order valence-corrected chi connectivity index (χ3v) is 4.05. The van der Waals surface area contributed by atoms with Gasteiger partial charge in [-0.25, -0.2) is 0 Å². The van der Waals surface area contributed by atoms with Crippen molar-refractivity contribution in [2.45, 2.75) is 44.9 Å². The Morgan fingerprint density at radius 2 is 2.33 bits per heavy atom. The molecule has 0 saturated heterocycles. The molecule has 4 nitrogen and oxygen atoms in total. The number of ether oxygens (including phenoxy) is 1. The van der Waals surface area contributed by atoms with E-state index in [2.05, 4.69) is 18.3 Å². The SMILES string of the molecule is COC1CCC(NCc2cc(C#N)n(C)c2C)C1. The first kappa shape index (κ1) is 13.1. The summed E-state index contributed by atoms with van der Waals surface area (Å²) < 4.78 is 7.32. The summed E-state index contributed by atoms with van der Waals surface area (Å²) in [7, 11) is 3.72. The van der Waals surface area contributed by atoms with Crippen LogP contribution in [-0.4, -0.2) is 23.8 Å². The van der Waals surface area contributed by atoms with Crippen molar-refractivity contribution in [1.82, 2.24) is 9.88 Å². The predicted octanol–water partition coefficient (Wildman–Crippen LogP) is 1.86. The van der Waals surface area contributed by atoms with Crippen LogP contribution in [0.2, 0.25) is 0 Å². The van der Waals surface area contributed by atoms with E-state index in [1.807, 2.05) is 17.7 Å². The first-order valence-electron chi connectivity index (χ1n) is 6.47. The monoisotopic (exact) mass is 247 g/mol. The van der Waals surface area contributed by atoms with Crippen LogP contribution >= 0.6 is 0 Å². The normalized spacial score (nSPS) is 23.2. The summed E-state index contributed by atoms with van der Waals surface area (Å²) in [4.78, 5) is 0. The van der Waals surface area contributed by atoms with Gasteiger partial charge >= 0.3 is 0 Å². The minimum Gasteiger partial charge on any atom is -0.381 e. The first-order valence-corrected chi connectivity index (χ1v) is 6.47. The summed E-state index contributed by atoms with van der Waals surface area (Å²) in [5.74, 6) is 0. The summed E-state index contributed by atoms with van der Waals surface area (Å²) in [6.45, 7) is 2.90. The van der Waals surface area contributed by atoms with Crippen molar-refractivity contribution in [1.29, 1.82) is 5.26 Å². The van der Waals surface area contributed by atoms with Crippen molar-refractivity contribution < 1.29 is 4.74 Å². The maximum Gasteiger partial charge on any atom is 0.120 e. The molecule has 1 aliphatic rings. The van der Waals surface area contributed by atoms with Gasteiger partial charge in [-0.15, -0.1) is 0 Å². The Morgan fingerprint density at radius 1 is 1.56 bits per heavy atom. The Kier molecular flexibility index (Phi) is 4.05. The highest BCUT2D eigenvalue weighted by atomic mass is 16.5. The van der Waals surface area contributed by atoms with Crippen molar-refractivity contribution in [2.24, 2.45) is 7.05 Å². The number of nitriles is 1. The fraction of sp³-hybridized carbons (Fsp3) is 0.643. The molecular weight excluding hydrogens is 226 g/mol. The molecule has 1 N–H and O–H groups in total. The first-order chi connectivity index (χ1) is 8.65. The average molecular weight is 247 g/mol. The van der Waals surface area contributed by atoms with E-state index in [4.69, 9.17) is 10.00 Å². The number of hydrogen-bond donors (Lipinski definition) is 1. The Balaban J connectivity index is 1.93. The van der Waals surface area contributed by atoms with Gasteiger partial charge in [0, 0.05) is 32.4 Å². The van der Waals surface area contributed by atoms with Gasteiger partial charge in [0.2, 0.25) is 0 Å². The van der Waals surface area contributed by atoms with Crippen molar-refractivity contribution >= 4 is 0 Å². The van der Waals surface area contributed by atoms with Crippen molar-refractivity contribution in [3.8, 4) is 6.07 Å². The number of rotatable bonds is 4. The van der Waals surface area contributed by atoms with E-state index < -0.39 is 0 Å². The van der Waals surface area contributed by atoms with Crippen molar-refractivity contribution in [2.75, 3.05) is 7.11 Å². The highest BCUT2D eigenvalue weighted by molar-refractivity contribution is 5.34. The minimum atomic E-state index is 0.411. The number of nitrogens with zero attached hydrogens (tertiary/aromatic N) is 2. The molecule has 1 aromatic heterocycles. The molecule has 0 bridgehead atoms. The largest absolute Gasteiger partial charge is 0.381 e. The van der Waals surface area contributed by atoms with E-state index >= 15 is 0 Å². The second-order valence-electron chi connectivity index (χ2n) is 5.06. The summed E-state index contributed by atoms with van der Waals surface area (Å²) in [6.07, 6.45) is 3.82. The van der Waals surface area contributed by atoms with E-state index in [1.54, 1.807) is 7.11 Å². The van der Waals surface area contributed by atoms with Gasteiger partial charge in [0.1, 0.15) is 11.8 Å². The van der Waals surface area contributed by atoms with Crippen LogP contribution in [-0.2, 0) is 18.3 Å². The summed E-state index contributed by atoms with van der Waals surface area (Å²) in [6, 6.07) is 4.73. The van der Waals surface area contributed by atoms with Crippen LogP contribution in [0.3, 0.4) is 0 Å². The molecule has 0 spiro atoms. The van der Waals surface area contributed by atoms with E-state index in [9.17, 15) is 0 Å². The molecule has 1 saturated carbocycles. The second-order valence-corrected chi connectivity index (χ2v) is 5.06. The molecule has 1 aliphatic carbocycles. The lowest BCUT2D eigenvalue weighted by molar-refractivity contribution is 0.107. The molecule has 1 fully saturated rings. The topological polar surface area (TPSA) is 50.0 Å². The van der Waals surface area contributed by atoms with E-state index in [-0.39, 0.29) is 0 Å². The van der Waals surface area contributed by atoms with Crippen LogP contribution in [0.4, 0.5) is 0 Å². The zero-order valence-electron chi connectivity index (χ0n) is 11.4. The summed E-state index contributed by atoms with van der Waals surface area (Å²) >= 11 is 0. The van der Waals surface area contributed by atoms with Crippen molar-refractivity contribution in [3.63, 3.8) is 0 Å². The molecule has 4 heteroatoms. The number of methoxy groups -OCH3 is 1. The Morgan fingerprint density at radius 3 is 2.89 bits per heavy atom. The van der Waals surface area contributed by atoms with Gasteiger partial charge in [-0.2, -0.15) is 5.26 Å². The Hall–Kier alpha value is -1.31. The lowest BCUT2D eigenvalue weighted by Gasteiger charge is -2.12. The average Bonchev–Trinajstić information content (AvgIpc) is 2.95. The lowest BCUT2D eigenvalue weighted by Crippen LogP contribution is -2.26. The lowest BCUT2D eigenvalue weighted by atomic mass is 10.2. The molecule has 2 atom stereocenters.